The first-order valence-corrected chi connectivity index (χ1v) is 11.4. The standard InChI is InChI=1S/C20H26N4O4S/c21-14-17-8-4-5-9-18(17)29(27,28)24-12-10-23(11-13-24)19(25)15-22-20(26)16-6-2-1-3-7-16/h4-5,8-9,16H,1-3,6-7,10-13,15H2,(H,22,26). The maximum Gasteiger partial charge on any atom is 0.244 e. The minimum atomic E-state index is -3.79. The lowest BCUT2D eigenvalue weighted by molar-refractivity contribution is -0.135. The van der Waals surface area contributed by atoms with Gasteiger partial charge in [-0.1, -0.05) is 31.4 Å². The second-order valence-corrected chi connectivity index (χ2v) is 9.35. The number of hydrogen-bond acceptors (Lipinski definition) is 5. The summed E-state index contributed by atoms with van der Waals surface area (Å²) in [6, 6.07) is 8.01. The van der Waals surface area contributed by atoms with Gasteiger partial charge in [-0.3, -0.25) is 9.59 Å². The molecule has 156 valence electrons. The number of nitrogens with zero attached hydrogens (tertiary/aromatic N) is 3. The molecular formula is C20H26N4O4S. The number of carbonyl (C=O) groups excluding carboxylic acids is 2. The Bertz CT molecular complexity index is 895. The van der Waals surface area contributed by atoms with Gasteiger partial charge in [-0.25, -0.2) is 8.42 Å². The number of sulfonamides is 1. The fraction of sp³-hybridized carbons (Fsp3) is 0.550. The SMILES string of the molecule is N#Cc1ccccc1S(=O)(=O)N1CCN(C(=O)CNC(=O)C2CCCCC2)CC1. The number of carbonyl (C=O) groups is 2. The molecular weight excluding hydrogens is 392 g/mol. The van der Waals surface area contributed by atoms with Crippen molar-refractivity contribution in [2.75, 3.05) is 32.7 Å². The monoisotopic (exact) mass is 418 g/mol. The Balaban J connectivity index is 1.52. The first-order chi connectivity index (χ1) is 13.9. The van der Waals surface area contributed by atoms with Crippen molar-refractivity contribution in [3.63, 3.8) is 0 Å². The Morgan fingerprint density at radius 2 is 1.72 bits per heavy atom. The summed E-state index contributed by atoms with van der Waals surface area (Å²) >= 11 is 0. The zero-order valence-corrected chi connectivity index (χ0v) is 17.2. The zero-order chi connectivity index (χ0) is 20.9. The van der Waals surface area contributed by atoms with Crippen LogP contribution in [0.25, 0.3) is 0 Å². The topological polar surface area (TPSA) is 111 Å². The summed E-state index contributed by atoms with van der Waals surface area (Å²) in [5.74, 6) is -0.269. The average Bonchev–Trinajstić information content (AvgIpc) is 2.77. The quantitative estimate of drug-likeness (QED) is 0.769. The minimum Gasteiger partial charge on any atom is -0.347 e. The van der Waals surface area contributed by atoms with Crippen LogP contribution in [-0.2, 0) is 19.6 Å². The number of nitriles is 1. The van der Waals surface area contributed by atoms with Crippen LogP contribution in [-0.4, -0.2) is 62.2 Å². The van der Waals surface area contributed by atoms with Gasteiger partial charge >= 0.3 is 0 Å². The van der Waals surface area contributed by atoms with Crippen molar-refractivity contribution in [2.24, 2.45) is 5.92 Å². The number of benzene rings is 1. The van der Waals surface area contributed by atoms with Crippen LogP contribution in [0.5, 0.6) is 0 Å². The zero-order valence-electron chi connectivity index (χ0n) is 16.3. The number of rotatable bonds is 5. The van der Waals surface area contributed by atoms with Crippen LogP contribution >= 0.6 is 0 Å². The van der Waals surface area contributed by atoms with Crippen molar-refractivity contribution in [2.45, 2.75) is 37.0 Å². The molecule has 0 bridgehead atoms. The molecule has 0 unspecified atom stereocenters. The van der Waals surface area contributed by atoms with E-state index in [4.69, 9.17) is 0 Å². The third kappa shape index (κ3) is 4.95. The van der Waals surface area contributed by atoms with Crippen LogP contribution in [0, 0.1) is 17.2 Å². The van der Waals surface area contributed by atoms with Gasteiger partial charge in [0.1, 0.15) is 6.07 Å². The Morgan fingerprint density at radius 3 is 2.38 bits per heavy atom. The predicted molar refractivity (Wildman–Crippen MR) is 106 cm³/mol. The van der Waals surface area contributed by atoms with Crippen LogP contribution in [0.15, 0.2) is 29.2 Å². The Labute approximate surface area is 171 Å². The number of piperazine rings is 1. The second kappa shape index (κ2) is 9.37. The largest absolute Gasteiger partial charge is 0.347 e. The van der Waals surface area contributed by atoms with Gasteiger partial charge in [0.25, 0.3) is 0 Å². The first kappa shape index (κ1) is 21.3. The molecule has 1 aromatic carbocycles. The maximum atomic E-state index is 12.8. The van der Waals surface area contributed by atoms with Crippen molar-refractivity contribution in [1.82, 2.24) is 14.5 Å². The predicted octanol–water partition coefficient (Wildman–Crippen LogP) is 1.09. The molecule has 1 aromatic rings. The first-order valence-electron chi connectivity index (χ1n) is 9.98. The summed E-state index contributed by atoms with van der Waals surface area (Å²) in [4.78, 5) is 26.2. The van der Waals surface area contributed by atoms with Crippen LogP contribution in [0.4, 0.5) is 0 Å². The van der Waals surface area contributed by atoms with Gasteiger partial charge in [-0.05, 0) is 25.0 Å². The summed E-state index contributed by atoms with van der Waals surface area (Å²) < 4.78 is 27.0. The summed E-state index contributed by atoms with van der Waals surface area (Å²) in [5, 5.41) is 11.9. The molecule has 2 aliphatic rings. The molecule has 1 saturated heterocycles. The van der Waals surface area contributed by atoms with Gasteiger partial charge < -0.3 is 10.2 Å². The van der Waals surface area contributed by atoms with Crippen molar-refractivity contribution in [3.05, 3.63) is 29.8 Å². The van der Waals surface area contributed by atoms with Gasteiger partial charge in [0.2, 0.25) is 21.8 Å². The lowest BCUT2D eigenvalue weighted by Crippen LogP contribution is -2.52. The normalized spacial score (nSPS) is 18.8. The van der Waals surface area contributed by atoms with Crippen molar-refractivity contribution in [1.29, 1.82) is 5.26 Å². The van der Waals surface area contributed by atoms with Gasteiger partial charge in [0, 0.05) is 32.1 Å². The van der Waals surface area contributed by atoms with Crippen LogP contribution in [0.3, 0.4) is 0 Å². The molecule has 3 rings (SSSR count). The minimum absolute atomic E-state index is 0.00116. The van der Waals surface area contributed by atoms with Gasteiger partial charge in [0.05, 0.1) is 17.0 Å². The maximum absolute atomic E-state index is 12.8. The summed E-state index contributed by atoms with van der Waals surface area (Å²) in [6.45, 7) is 0.770. The number of hydrogen-bond donors (Lipinski definition) is 1. The van der Waals surface area contributed by atoms with Crippen LogP contribution in [0.1, 0.15) is 37.7 Å². The lowest BCUT2D eigenvalue weighted by atomic mass is 9.89. The summed E-state index contributed by atoms with van der Waals surface area (Å²) in [6.07, 6.45) is 5.02. The van der Waals surface area contributed by atoms with E-state index in [2.05, 4.69) is 5.32 Å². The third-order valence-corrected chi connectivity index (χ3v) is 7.56. The van der Waals surface area contributed by atoms with Crippen molar-refractivity contribution >= 4 is 21.8 Å². The molecule has 9 heteroatoms. The highest BCUT2D eigenvalue weighted by Gasteiger charge is 2.31. The van der Waals surface area contributed by atoms with E-state index >= 15 is 0 Å². The highest BCUT2D eigenvalue weighted by Crippen LogP contribution is 2.24. The van der Waals surface area contributed by atoms with Gasteiger partial charge in [-0.15, -0.1) is 0 Å². The average molecular weight is 419 g/mol. The molecule has 1 saturated carbocycles. The van der Waals surface area contributed by atoms with Crippen LogP contribution in [0.2, 0.25) is 0 Å². The molecule has 8 nitrogen and oxygen atoms in total. The molecule has 1 heterocycles. The van der Waals surface area contributed by atoms with E-state index in [0.29, 0.717) is 0 Å². The van der Waals surface area contributed by atoms with Crippen LogP contribution < -0.4 is 5.32 Å². The molecule has 2 fully saturated rings. The van der Waals surface area contributed by atoms with E-state index in [1.807, 2.05) is 6.07 Å². The molecule has 29 heavy (non-hydrogen) atoms. The number of amides is 2. The molecule has 1 aliphatic heterocycles. The molecule has 1 aliphatic carbocycles. The smallest absolute Gasteiger partial charge is 0.244 e. The Hall–Kier alpha value is -2.44. The van der Waals surface area contributed by atoms with Gasteiger partial charge in [0.15, 0.2) is 0 Å². The van der Waals surface area contributed by atoms with E-state index in [-0.39, 0.29) is 60.9 Å². The lowest BCUT2D eigenvalue weighted by Gasteiger charge is -2.34. The summed E-state index contributed by atoms with van der Waals surface area (Å²) in [5.41, 5.74) is 0.108. The molecule has 2 amide bonds. The molecule has 0 atom stereocenters. The Morgan fingerprint density at radius 1 is 1.07 bits per heavy atom. The van der Waals surface area contributed by atoms with E-state index in [9.17, 15) is 23.3 Å². The molecule has 0 spiro atoms. The molecule has 0 aromatic heterocycles. The highest BCUT2D eigenvalue weighted by molar-refractivity contribution is 7.89. The third-order valence-electron chi connectivity index (χ3n) is 5.61. The van der Waals surface area contributed by atoms with E-state index < -0.39 is 10.0 Å². The van der Waals surface area contributed by atoms with E-state index in [1.54, 1.807) is 17.0 Å². The van der Waals surface area contributed by atoms with E-state index in [1.165, 1.54) is 16.4 Å². The fourth-order valence-electron chi connectivity index (χ4n) is 3.88. The van der Waals surface area contributed by atoms with Gasteiger partial charge in [-0.2, -0.15) is 9.57 Å². The molecule has 0 radical (unpaired) electrons. The fourth-order valence-corrected chi connectivity index (χ4v) is 5.45. The van der Waals surface area contributed by atoms with Crippen molar-refractivity contribution < 1.29 is 18.0 Å². The van der Waals surface area contributed by atoms with Crippen molar-refractivity contribution in [3.8, 4) is 6.07 Å². The summed E-state index contributed by atoms with van der Waals surface area (Å²) in [7, 11) is -3.79. The Kier molecular flexibility index (Phi) is 6.87. The highest BCUT2D eigenvalue weighted by atomic mass is 32.2. The molecule has 1 N–H and O–H groups in total. The second-order valence-electron chi connectivity index (χ2n) is 7.45. The number of nitrogens with one attached hydrogen (secondary N) is 1. The van der Waals surface area contributed by atoms with E-state index in [0.717, 1.165) is 32.1 Å².